The highest BCUT2D eigenvalue weighted by Crippen LogP contribution is 2.25. The lowest BCUT2D eigenvalue weighted by Gasteiger charge is -2.11. The Balaban J connectivity index is 2.09. The highest BCUT2D eigenvalue weighted by atomic mass is 35.5. The minimum atomic E-state index is 0.0755. The van der Waals surface area contributed by atoms with E-state index in [0.717, 1.165) is 16.9 Å². The van der Waals surface area contributed by atoms with Crippen molar-refractivity contribution in [2.75, 3.05) is 7.11 Å². The van der Waals surface area contributed by atoms with Crippen molar-refractivity contribution in [3.8, 4) is 11.5 Å². The minimum Gasteiger partial charge on any atom is -0.497 e. The molecule has 0 aromatic heterocycles. The molecule has 0 radical (unpaired) electrons. The zero-order valence-electron chi connectivity index (χ0n) is 12.1. The van der Waals surface area contributed by atoms with Crippen LogP contribution in [0.25, 0.3) is 0 Å². The molecular formula is C17H17ClO3. The summed E-state index contributed by atoms with van der Waals surface area (Å²) in [5, 5.41) is 0.600. The van der Waals surface area contributed by atoms with Gasteiger partial charge in [0.1, 0.15) is 23.9 Å². The third-order valence-corrected chi connectivity index (χ3v) is 3.25. The Morgan fingerprint density at radius 1 is 1.14 bits per heavy atom. The van der Waals surface area contributed by atoms with E-state index in [4.69, 9.17) is 21.1 Å². The Kier molecular flexibility index (Phi) is 5.23. The van der Waals surface area contributed by atoms with Gasteiger partial charge < -0.3 is 9.47 Å². The number of carbonyl (C=O) groups is 1. The summed E-state index contributed by atoms with van der Waals surface area (Å²) in [4.78, 5) is 11.3. The van der Waals surface area contributed by atoms with Gasteiger partial charge in [-0.05, 0) is 42.8 Å². The highest BCUT2D eigenvalue weighted by molar-refractivity contribution is 6.30. The number of methoxy groups -OCH3 is 1. The molecule has 0 amide bonds. The maximum absolute atomic E-state index is 11.3. The number of rotatable bonds is 6. The van der Waals surface area contributed by atoms with Crippen molar-refractivity contribution in [2.45, 2.75) is 20.0 Å². The molecule has 0 aliphatic carbocycles. The van der Waals surface area contributed by atoms with Crippen molar-refractivity contribution in [1.29, 1.82) is 0 Å². The fourth-order valence-corrected chi connectivity index (χ4v) is 2.17. The maximum Gasteiger partial charge on any atom is 0.134 e. The van der Waals surface area contributed by atoms with E-state index in [1.54, 1.807) is 32.2 Å². The summed E-state index contributed by atoms with van der Waals surface area (Å²) in [5.74, 6) is 1.57. The normalized spacial score (nSPS) is 10.2. The monoisotopic (exact) mass is 304 g/mol. The van der Waals surface area contributed by atoms with Crippen LogP contribution in [0.15, 0.2) is 42.5 Å². The molecule has 2 rings (SSSR count). The lowest BCUT2D eigenvalue weighted by atomic mass is 10.1. The van der Waals surface area contributed by atoms with Crippen LogP contribution in [0.3, 0.4) is 0 Å². The van der Waals surface area contributed by atoms with Crippen LogP contribution in [0.5, 0.6) is 11.5 Å². The summed E-state index contributed by atoms with van der Waals surface area (Å²) in [6.07, 6.45) is 0.318. The molecule has 0 fully saturated rings. The number of halogens is 1. The molecular weight excluding hydrogens is 288 g/mol. The van der Waals surface area contributed by atoms with Crippen molar-refractivity contribution < 1.29 is 14.3 Å². The largest absolute Gasteiger partial charge is 0.497 e. The molecule has 0 N–H and O–H groups in total. The Labute approximate surface area is 129 Å². The number of hydrogen-bond donors (Lipinski definition) is 0. The van der Waals surface area contributed by atoms with Crippen LogP contribution in [0, 0.1) is 0 Å². The second-order valence-electron chi connectivity index (χ2n) is 4.77. The number of carbonyl (C=O) groups excluding carboxylic acids is 1. The zero-order valence-corrected chi connectivity index (χ0v) is 12.8. The first-order valence-electron chi connectivity index (χ1n) is 6.62. The molecule has 0 saturated heterocycles. The summed E-state index contributed by atoms with van der Waals surface area (Å²) in [7, 11) is 1.63. The van der Waals surface area contributed by atoms with Crippen LogP contribution in [0.1, 0.15) is 18.1 Å². The minimum absolute atomic E-state index is 0.0755. The fourth-order valence-electron chi connectivity index (χ4n) is 1.98. The fraction of sp³-hybridized carbons (Fsp3) is 0.235. The molecule has 21 heavy (non-hydrogen) atoms. The van der Waals surface area contributed by atoms with Gasteiger partial charge in [-0.3, -0.25) is 4.79 Å². The lowest BCUT2D eigenvalue weighted by Crippen LogP contribution is -2.02. The molecule has 4 heteroatoms. The molecule has 0 aliphatic rings. The first-order valence-corrected chi connectivity index (χ1v) is 7.00. The smallest absolute Gasteiger partial charge is 0.134 e. The van der Waals surface area contributed by atoms with Gasteiger partial charge in [0.15, 0.2) is 0 Å². The van der Waals surface area contributed by atoms with Gasteiger partial charge in [-0.1, -0.05) is 23.7 Å². The van der Waals surface area contributed by atoms with Crippen LogP contribution in [0.2, 0.25) is 5.02 Å². The molecule has 110 valence electrons. The average Bonchev–Trinajstić information content (AvgIpc) is 2.46. The molecule has 0 spiro atoms. The van der Waals surface area contributed by atoms with E-state index in [1.165, 1.54) is 0 Å². The zero-order chi connectivity index (χ0) is 15.2. The summed E-state index contributed by atoms with van der Waals surface area (Å²) in [6.45, 7) is 1.98. The molecule has 0 atom stereocenters. The van der Waals surface area contributed by atoms with E-state index in [1.807, 2.05) is 24.3 Å². The molecule has 0 bridgehead atoms. The number of ether oxygens (including phenoxy) is 2. The molecule has 0 saturated carbocycles. The van der Waals surface area contributed by atoms with E-state index in [9.17, 15) is 4.79 Å². The second kappa shape index (κ2) is 7.14. The number of Topliss-reactive ketones (excluding diaryl/α,β-unsaturated/α-hetero) is 1. The second-order valence-corrected chi connectivity index (χ2v) is 5.20. The van der Waals surface area contributed by atoms with Gasteiger partial charge in [-0.25, -0.2) is 0 Å². The van der Waals surface area contributed by atoms with Crippen LogP contribution in [0.4, 0.5) is 0 Å². The number of ketones is 1. The molecule has 2 aromatic rings. The Morgan fingerprint density at radius 2 is 1.86 bits per heavy atom. The average molecular weight is 305 g/mol. The highest BCUT2D eigenvalue weighted by Gasteiger charge is 2.08. The van der Waals surface area contributed by atoms with Crippen molar-refractivity contribution in [2.24, 2.45) is 0 Å². The van der Waals surface area contributed by atoms with Crippen LogP contribution in [-0.2, 0) is 17.8 Å². The topological polar surface area (TPSA) is 35.5 Å². The van der Waals surface area contributed by atoms with E-state index in [2.05, 4.69) is 0 Å². The Hall–Kier alpha value is -2.00. The van der Waals surface area contributed by atoms with Crippen molar-refractivity contribution in [3.05, 3.63) is 58.6 Å². The third kappa shape index (κ3) is 4.50. The quantitative estimate of drug-likeness (QED) is 0.807. The first-order chi connectivity index (χ1) is 10.1. The SMILES string of the molecule is COc1ccc(COc2ccc(Cl)cc2CC(C)=O)cc1. The summed E-state index contributed by atoms with van der Waals surface area (Å²) < 4.78 is 10.9. The Morgan fingerprint density at radius 3 is 2.48 bits per heavy atom. The van der Waals surface area contributed by atoms with Gasteiger partial charge in [0.2, 0.25) is 0 Å². The van der Waals surface area contributed by atoms with Gasteiger partial charge in [0.05, 0.1) is 7.11 Å². The standard InChI is InChI=1S/C17H17ClO3/c1-12(19)9-14-10-15(18)5-8-17(14)21-11-13-3-6-16(20-2)7-4-13/h3-8,10H,9,11H2,1-2H3. The van der Waals surface area contributed by atoms with Crippen LogP contribution >= 0.6 is 11.6 Å². The van der Waals surface area contributed by atoms with Gasteiger partial charge >= 0.3 is 0 Å². The van der Waals surface area contributed by atoms with Gasteiger partial charge in [0, 0.05) is 17.0 Å². The lowest BCUT2D eigenvalue weighted by molar-refractivity contribution is -0.116. The van der Waals surface area contributed by atoms with Crippen LogP contribution < -0.4 is 9.47 Å². The Bertz CT molecular complexity index is 620. The third-order valence-electron chi connectivity index (χ3n) is 3.02. The van der Waals surface area contributed by atoms with Gasteiger partial charge in [-0.2, -0.15) is 0 Å². The van der Waals surface area contributed by atoms with E-state index < -0.39 is 0 Å². The van der Waals surface area contributed by atoms with E-state index in [0.29, 0.717) is 23.8 Å². The van der Waals surface area contributed by atoms with Gasteiger partial charge in [-0.15, -0.1) is 0 Å². The van der Waals surface area contributed by atoms with Crippen LogP contribution in [-0.4, -0.2) is 12.9 Å². The van der Waals surface area contributed by atoms with Crippen molar-refractivity contribution >= 4 is 17.4 Å². The number of hydrogen-bond acceptors (Lipinski definition) is 3. The maximum atomic E-state index is 11.3. The summed E-state index contributed by atoms with van der Waals surface area (Å²) >= 11 is 5.97. The van der Waals surface area contributed by atoms with Gasteiger partial charge in [0.25, 0.3) is 0 Å². The van der Waals surface area contributed by atoms with E-state index >= 15 is 0 Å². The van der Waals surface area contributed by atoms with Crippen molar-refractivity contribution in [3.63, 3.8) is 0 Å². The molecule has 0 unspecified atom stereocenters. The summed E-state index contributed by atoms with van der Waals surface area (Å²) in [5.41, 5.74) is 1.84. The molecule has 3 nitrogen and oxygen atoms in total. The van der Waals surface area contributed by atoms with Crippen molar-refractivity contribution in [1.82, 2.24) is 0 Å². The number of benzene rings is 2. The molecule has 0 aliphatic heterocycles. The molecule has 2 aromatic carbocycles. The summed E-state index contributed by atoms with van der Waals surface area (Å²) in [6, 6.07) is 13.0. The molecule has 0 heterocycles. The first kappa shape index (κ1) is 15.4. The predicted octanol–water partition coefficient (Wildman–Crippen LogP) is 4.06. The van der Waals surface area contributed by atoms with E-state index in [-0.39, 0.29) is 5.78 Å². The predicted molar refractivity (Wildman–Crippen MR) is 83.2 cm³/mol.